The number of anilines is 1. The first-order valence-electron chi connectivity index (χ1n) is 9.02. The zero-order valence-corrected chi connectivity index (χ0v) is 14.2. The number of benzene rings is 1. The number of carbonyl (C=O) groups excluding carboxylic acids is 1. The lowest BCUT2D eigenvalue weighted by molar-refractivity contribution is -0.118. The third-order valence-electron chi connectivity index (χ3n) is 5.27. The molecule has 2 aliphatic carbocycles. The molecule has 3 rings (SSSR count). The Morgan fingerprint density at radius 3 is 2.71 bits per heavy atom. The van der Waals surface area contributed by atoms with Crippen molar-refractivity contribution in [1.29, 1.82) is 0 Å². The van der Waals surface area contributed by atoms with Crippen LogP contribution < -0.4 is 15.8 Å². The Morgan fingerprint density at radius 2 is 2.04 bits per heavy atom. The van der Waals surface area contributed by atoms with Crippen molar-refractivity contribution in [3.63, 3.8) is 0 Å². The van der Waals surface area contributed by atoms with Gasteiger partial charge >= 0.3 is 0 Å². The minimum absolute atomic E-state index is 0.0646. The minimum Gasteiger partial charge on any atom is -0.491 e. The second-order valence-corrected chi connectivity index (χ2v) is 7.38. The van der Waals surface area contributed by atoms with Crippen molar-refractivity contribution in [3.05, 3.63) is 24.0 Å². The van der Waals surface area contributed by atoms with E-state index in [0.717, 1.165) is 38.5 Å². The lowest BCUT2D eigenvalue weighted by Crippen LogP contribution is -2.36. The number of ether oxygens (including phenoxy) is 1. The summed E-state index contributed by atoms with van der Waals surface area (Å²) in [6, 6.07) is 4.27. The largest absolute Gasteiger partial charge is 0.491 e. The summed E-state index contributed by atoms with van der Waals surface area (Å²) in [6.45, 7) is 1.12. The van der Waals surface area contributed by atoms with Crippen LogP contribution in [0, 0.1) is 17.2 Å². The summed E-state index contributed by atoms with van der Waals surface area (Å²) < 4.78 is 19.2. The van der Waals surface area contributed by atoms with Gasteiger partial charge in [0.15, 0.2) is 0 Å². The summed E-state index contributed by atoms with van der Waals surface area (Å²) in [4.78, 5) is 12.5. The Balaban J connectivity index is 1.64. The molecule has 0 heterocycles. The van der Waals surface area contributed by atoms with Gasteiger partial charge in [-0.15, -0.1) is 0 Å². The van der Waals surface area contributed by atoms with Crippen LogP contribution in [-0.2, 0) is 4.79 Å². The van der Waals surface area contributed by atoms with Crippen LogP contribution >= 0.6 is 0 Å². The molecule has 5 heteroatoms. The summed E-state index contributed by atoms with van der Waals surface area (Å²) >= 11 is 0. The fourth-order valence-electron chi connectivity index (χ4n) is 3.50. The molecule has 132 valence electrons. The Bertz CT molecular complexity index is 581. The van der Waals surface area contributed by atoms with Gasteiger partial charge in [-0.3, -0.25) is 4.79 Å². The first kappa shape index (κ1) is 17.2. The molecule has 0 aliphatic heterocycles. The highest BCUT2D eigenvalue weighted by atomic mass is 19.1. The molecule has 0 spiro atoms. The second kappa shape index (κ2) is 7.51. The van der Waals surface area contributed by atoms with E-state index in [2.05, 4.69) is 5.32 Å². The molecule has 24 heavy (non-hydrogen) atoms. The molecule has 1 aromatic carbocycles. The SMILES string of the molecule is NCC1(CC(=O)Nc2ccc(F)cc2OCC2CC2)CCCCC1. The van der Waals surface area contributed by atoms with Crippen LogP contribution in [0.2, 0.25) is 0 Å². The summed E-state index contributed by atoms with van der Waals surface area (Å²) in [5, 5.41) is 2.90. The van der Waals surface area contributed by atoms with Gasteiger partial charge in [-0.1, -0.05) is 19.3 Å². The van der Waals surface area contributed by atoms with Crippen LogP contribution in [0.25, 0.3) is 0 Å². The number of amides is 1. The normalized spacial score (nSPS) is 19.8. The number of rotatable bonds is 7. The molecule has 1 amide bonds. The van der Waals surface area contributed by atoms with Crippen molar-refractivity contribution < 1.29 is 13.9 Å². The second-order valence-electron chi connectivity index (χ2n) is 7.38. The summed E-state index contributed by atoms with van der Waals surface area (Å²) in [5.74, 6) is 0.565. The van der Waals surface area contributed by atoms with Crippen LogP contribution in [0.5, 0.6) is 5.75 Å². The summed E-state index contributed by atoms with van der Waals surface area (Å²) in [6.07, 6.45) is 8.25. The van der Waals surface area contributed by atoms with Gasteiger partial charge in [-0.2, -0.15) is 0 Å². The predicted molar refractivity (Wildman–Crippen MR) is 92.4 cm³/mol. The smallest absolute Gasteiger partial charge is 0.225 e. The molecule has 0 radical (unpaired) electrons. The van der Waals surface area contributed by atoms with E-state index < -0.39 is 0 Å². The fourth-order valence-corrected chi connectivity index (χ4v) is 3.50. The van der Waals surface area contributed by atoms with Crippen molar-refractivity contribution in [1.82, 2.24) is 0 Å². The zero-order chi connectivity index (χ0) is 17.0. The Labute approximate surface area is 142 Å². The third-order valence-corrected chi connectivity index (χ3v) is 5.27. The number of hydrogen-bond acceptors (Lipinski definition) is 3. The van der Waals surface area contributed by atoms with E-state index in [1.807, 2.05) is 0 Å². The van der Waals surface area contributed by atoms with Crippen molar-refractivity contribution >= 4 is 11.6 Å². The van der Waals surface area contributed by atoms with Crippen LogP contribution in [0.4, 0.5) is 10.1 Å². The molecular formula is C19H27FN2O2. The maximum atomic E-state index is 13.5. The number of nitrogens with two attached hydrogens (primary N) is 1. The molecule has 0 atom stereocenters. The molecule has 2 aliphatic rings. The van der Waals surface area contributed by atoms with Crippen LogP contribution in [-0.4, -0.2) is 19.1 Å². The highest BCUT2D eigenvalue weighted by Gasteiger charge is 2.33. The first-order valence-corrected chi connectivity index (χ1v) is 9.02. The monoisotopic (exact) mass is 334 g/mol. The summed E-state index contributed by atoms with van der Waals surface area (Å²) in [7, 11) is 0. The number of carbonyl (C=O) groups is 1. The average molecular weight is 334 g/mol. The van der Waals surface area contributed by atoms with Crippen LogP contribution in [0.3, 0.4) is 0 Å². The standard InChI is InChI=1S/C19H27FN2O2/c20-15-6-7-16(17(10-15)24-12-14-4-5-14)22-18(23)11-19(13-21)8-2-1-3-9-19/h6-7,10,14H,1-5,8-9,11-13,21H2,(H,22,23). The van der Waals surface area contributed by atoms with E-state index in [1.165, 1.54) is 18.6 Å². The number of halogens is 1. The van der Waals surface area contributed by atoms with E-state index in [1.54, 1.807) is 6.07 Å². The first-order chi connectivity index (χ1) is 11.6. The van der Waals surface area contributed by atoms with Gasteiger partial charge < -0.3 is 15.8 Å². The van der Waals surface area contributed by atoms with E-state index in [0.29, 0.717) is 36.9 Å². The Hall–Kier alpha value is -1.62. The van der Waals surface area contributed by atoms with Crippen molar-refractivity contribution in [2.75, 3.05) is 18.5 Å². The van der Waals surface area contributed by atoms with E-state index in [9.17, 15) is 9.18 Å². The Kier molecular flexibility index (Phi) is 5.39. The quantitative estimate of drug-likeness (QED) is 0.796. The molecule has 0 bridgehead atoms. The third kappa shape index (κ3) is 4.47. The van der Waals surface area contributed by atoms with Gasteiger partial charge in [-0.05, 0) is 55.7 Å². The minimum atomic E-state index is -0.357. The van der Waals surface area contributed by atoms with Gasteiger partial charge in [0, 0.05) is 12.5 Å². The molecular weight excluding hydrogens is 307 g/mol. The molecule has 0 unspecified atom stereocenters. The maximum Gasteiger partial charge on any atom is 0.225 e. The van der Waals surface area contributed by atoms with Gasteiger partial charge in [0.2, 0.25) is 5.91 Å². The highest BCUT2D eigenvalue weighted by molar-refractivity contribution is 5.92. The zero-order valence-electron chi connectivity index (χ0n) is 14.2. The molecule has 0 saturated heterocycles. The van der Waals surface area contributed by atoms with E-state index >= 15 is 0 Å². The number of nitrogens with one attached hydrogen (secondary N) is 1. The molecule has 2 saturated carbocycles. The van der Waals surface area contributed by atoms with Gasteiger partial charge in [0.1, 0.15) is 11.6 Å². The predicted octanol–water partition coefficient (Wildman–Crippen LogP) is 3.85. The molecule has 3 N–H and O–H groups in total. The van der Waals surface area contributed by atoms with E-state index in [-0.39, 0.29) is 17.1 Å². The van der Waals surface area contributed by atoms with Crippen molar-refractivity contribution in [2.24, 2.45) is 17.1 Å². The number of hydrogen-bond donors (Lipinski definition) is 2. The Morgan fingerprint density at radius 1 is 1.29 bits per heavy atom. The van der Waals surface area contributed by atoms with Gasteiger partial charge in [0.05, 0.1) is 12.3 Å². The lowest BCUT2D eigenvalue weighted by Gasteiger charge is -2.35. The topological polar surface area (TPSA) is 64.4 Å². The van der Waals surface area contributed by atoms with Gasteiger partial charge in [0.25, 0.3) is 0 Å². The maximum absolute atomic E-state index is 13.5. The average Bonchev–Trinajstić information content (AvgIpc) is 3.40. The molecule has 4 nitrogen and oxygen atoms in total. The van der Waals surface area contributed by atoms with Crippen molar-refractivity contribution in [3.8, 4) is 5.75 Å². The van der Waals surface area contributed by atoms with Gasteiger partial charge in [-0.25, -0.2) is 4.39 Å². The summed E-state index contributed by atoms with van der Waals surface area (Å²) in [5.41, 5.74) is 6.42. The van der Waals surface area contributed by atoms with Crippen LogP contribution in [0.1, 0.15) is 51.4 Å². The van der Waals surface area contributed by atoms with Crippen LogP contribution in [0.15, 0.2) is 18.2 Å². The lowest BCUT2D eigenvalue weighted by atomic mass is 9.71. The highest BCUT2D eigenvalue weighted by Crippen LogP contribution is 2.39. The molecule has 2 fully saturated rings. The molecule has 0 aromatic heterocycles. The van der Waals surface area contributed by atoms with E-state index in [4.69, 9.17) is 10.5 Å². The molecule has 1 aromatic rings. The van der Waals surface area contributed by atoms with Crippen molar-refractivity contribution in [2.45, 2.75) is 51.4 Å². The fraction of sp³-hybridized carbons (Fsp3) is 0.632.